The molecule has 3 rings (SSSR count). The van der Waals surface area contributed by atoms with Crippen molar-refractivity contribution in [3.05, 3.63) is 46.5 Å². The number of nitrogens with zero attached hydrogens (tertiary/aromatic N) is 2. The van der Waals surface area contributed by atoms with E-state index in [0.29, 0.717) is 17.5 Å². The summed E-state index contributed by atoms with van der Waals surface area (Å²) in [6, 6.07) is 7.89. The van der Waals surface area contributed by atoms with Crippen LogP contribution in [0.1, 0.15) is 11.5 Å². The quantitative estimate of drug-likeness (QED) is 0.583. The summed E-state index contributed by atoms with van der Waals surface area (Å²) >= 11 is 3.27. The second kappa shape index (κ2) is 5.68. The van der Waals surface area contributed by atoms with Crippen molar-refractivity contribution in [3.63, 3.8) is 0 Å². The molecule has 0 unspecified atom stereocenters. The zero-order valence-corrected chi connectivity index (χ0v) is 12.5. The lowest BCUT2D eigenvalue weighted by Gasteiger charge is -2.05. The lowest BCUT2D eigenvalue weighted by molar-refractivity contribution is 0.391. The first-order valence-electron chi connectivity index (χ1n) is 6.07. The molecule has 4 nitrogen and oxygen atoms in total. The van der Waals surface area contributed by atoms with Crippen LogP contribution >= 0.6 is 23.1 Å². The molecule has 0 aliphatic rings. The van der Waals surface area contributed by atoms with Crippen LogP contribution in [0.5, 0.6) is 0 Å². The summed E-state index contributed by atoms with van der Waals surface area (Å²) in [6.07, 6.45) is 0. The average Bonchev–Trinajstić information content (AvgIpc) is 3.10. The highest BCUT2D eigenvalue weighted by Crippen LogP contribution is 2.29. The molecule has 1 aromatic carbocycles. The van der Waals surface area contributed by atoms with Crippen molar-refractivity contribution < 1.29 is 4.52 Å². The van der Waals surface area contributed by atoms with E-state index in [2.05, 4.69) is 10.1 Å². The molecule has 0 bridgehead atoms. The number of nitrogen functional groups attached to an aromatic ring is 1. The Hall–Kier alpha value is -1.79. The molecule has 0 fully saturated rings. The SMILES string of the molecule is Cc1c(N)cccc1SCc1nc(-c2ccsc2)no1. The summed E-state index contributed by atoms with van der Waals surface area (Å²) in [5.41, 5.74) is 8.79. The molecule has 2 aromatic heterocycles. The van der Waals surface area contributed by atoms with Gasteiger partial charge in [0.2, 0.25) is 11.7 Å². The van der Waals surface area contributed by atoms with Crippen LogP contribution in [0.3, 0.4) is 0 Å². The summed E-state index contributed by atoms with van der Waals surface area (Å²) in [4.78, 5) is 5.54. The summed E-state index contributed by atoms with van der Waals surface area (Å²) < 4.78 is 5.27. The Labute approximate surface area is 125 Å². The van der Waals surface area contributed by atoms with E-state index in [1.165, 1.54) is 0 Å². The Bertz CT molecular complexity index is 707. The van der Waals surface area contributed by atoms with Crippen molar-refractivity contribution in [2.75, 3.05) is 5.73 Å². The highest BCUT2D eigenvalue weighted by molar-refractivity contribution is 7.98. The maximum Gasteiger partial charge on any atom is 0.237 e. The predicted molar refractivity (Wildman–Crippen MR) is 82.8 cm³/mol. The second-order valence-corrected chi connectivity index (χ2v) is 6.08. The van der Waals surface area contributed by atoms with Crippen LogP contribution in [0, 0.1) is 6.92 Å². The number of hydrogen-bond acceptors (Lipinski definition) is 6. The molecule has 20 heavy (non-hydrogen) atoms. The molecule has 6 heteroatoms. The van der Waals surface area contributed by atoms with E-state index in [4.69, 9.17) is 10.3 Å². The fourth-order valence-electron chi connectivity index (χ4n) is 1.75. The minimum atomic E-state index is 0.623. The van der Waals surface area contributed by atoms with E-state index in [1.54, 1.807) is 23.1 Å². The zero-order valence-electron chi connectivity index (χ0n) is 10.9. The molecule has 2 heterocycles. The molecule has 0 amide bonds. The van der Waals surface area contributed by atoms with Crippen molar-refractivity contribution >= 4 is 28.8 Å². The normalized spacial score (nSPS) is 10.8. The molecular weight excluding hydrogens is 290 g/mol. The summed E-state index contributed by atoms with van der Waals surface area (Å²) in [5, 5.41) is 7.99. The number of thiophene rings is 1. The maximum absolute atomic E-state index is 5.89. The van der Waals surface area contributed by atoms with Crippen molar-refractivity contribution in [2.45, 2.75) is 17.6 Å². The van der Waals surface area contributed by atoms with Gasteiger partial charge in [0.25, 0.3) is 0 Å². The van der Waals surface area contributed by atoms with E-state index in [0.717, 1.165) is 21.7 Å². The highest BCUT2D eigenvalue weighted by atomic mass is 32.2. The monoisotopic (exact) mass is 303 g/mol. The fourth-order valence-corrected chi connectivity index (χ4v) is 3.29. The number of anilines is 1. The van der Waals surface area contributed by atoms with Gasteiger partial charge in [-0.25, -0.2) is 0 Å². The Morgan fingerprint density at radius 3 is 3.05 bits per heavy atom. The van der Waals surface area contributed by atoms with Gasteiger partial charge < -0.3 is 10.3 Å². The maximum atomic E-state index is 5.89. The van der Waals surface area contributed by atoms with Crippen LogP contribution in [-0.4, -0.2) is 10.1 Å². The molecule has 102 valence electrons. The minimum Gasteiger partial charge on any atom is -0.398 e. The highest BCUT2D eigenvalue weighted by Gasteiger charge is 2.10. The van der Waals surface area contributed by atoms with Crippen molar-refractivity contribution in [3.8, 4) is 11.4 Å². The summed E-state index contributed by atoms with van der Waals surface area (Å²) in [6.45, 7) is 2.02. The molecule has 0 atom stereocenters. The summed E-state index contributed by atoms with van der Waals surface area (Å²) in [7, 11) is 0. The average molecular weight is 303 g/mol. The van der Waals surface area contributed by atoms with Crippen molar-refractivity contribution in [1.82, 2.24) is 10.1 Å². The minimum absolute atomic E-state index is 0.623. The van der Waals surface area contributed by atoms with E-state index in [-0.39, 0.29) is 0 Å². The number of nitrogens with two attached hydrogens (primary N) is 1. The van der Waals surface area contributed by atoms with Crippen LogP contribution in [0.15, 0.2) is 44.4 Å². The van der Waals surface area contributed by atoms with Crippen LogP contribution in [0.4, 0.5) is 5.69 Å². The standard InChI is InChI=1S/C14H13N3OS2/c1-9-11(15)3-2-4-12(9)20-8-13-16-14(17-18-13)10-5-6-19-7-10/h2-7H,8,15H2,1H3. The van der Waals surface area contributed by atoms with Gasteiger partial charge in [-0.05, 0) is 36.1 Å². The largest absolute Gasteiger partial charge is 0.398 e. The van der Waals surface area contributed by atoms with Gasteiger partial charge in [-0.15, -0.1) is 11.8 Å². The zero-order chi connectivity index (χ0) is 13.9. The molecule has 0 spiro atoms. The molecule has 0 saturated heterocycles. The first-order valence-corrected chi connectivity index (χ1v) is 8.00. The predicted octanol–water partition coefficient (Wildman–Crippen LogP) is 3.98. The Kier molecular flexibility index (Phi) is 3.75. The van der Waals surface area contributed by atoms with Gasteiger partial charge in [-0.1, -0.05) is 11.2 Å². The van der Waals surface area contributed by atoms with Gasteiger partial charge in [-0.2, -0.15) is 16.3 Å². The fraction of sp³-hybridized carbons (Fsp3) is 0.143. The van der Waals surface area contributed by atoms with E-state index in [1.807, 2.05) is 41.9 Å². The molecular formula is C14H13N3OS2. The van der Waals surface area contributed by atoms with Crippen LogP contribution < -0.4 is 5.73 Å². The van der Waals surface area contributed by atoms with Crippen molar-refractivity contribution in [2.24, 2.45) is 0 Å². The Morgan fingerprint density at radius 1 is 1.35 bits per heavy atom. The van der Waals surface area contributed by atoms with Gasteiger partial charge in [0.1, 0.15) is 0 Å². The third-order valence-corrected chi connectivity index (χ3v) is 4.75. The van der Waals surface area contributed by atoms with Crippen LogP contribution in [-0.2, 0) is 5.75 Å². The lowest BCUT2D eigenvalue weighted by atomic mass is 10.2. The second-order valence-electron chi connectivity index (χ2n) is 4.28. The molecule has 2 N–H and O–H groups in total. The van der Waals surface area contributed by atoms with E-state index in [9.17, 15) is 0 Å². The summed E-state index contributed by atoms with van der Waals surface area (Å²) in [5.74, 6) is 1.91. The first kappa shape index (κ1) is 13.2. The number of rotatable bonds is 4. The van der Waals surface area contributed by atoms with Crippen LogP contribution in [0.25, 0.3) is 11.4 Å². The van der Waals surface area contributed by atoms with E-state index >= 15 is 0 Å². The molecule has 3 aromatic rings. The number of aromatic nitrogens is 2. The third-order valence-electron chi connectivity index (χ3n) is 2.92. The lowest BCUT2D eigenvalue weighted by Crippen LogP contribution is -1.91. The topological polar surface area (TPSA) is 64.9 Å². The number of hydrogen-bond donors (Lipinski definition) is 1. The molecule has 0 saturated carbocycles. The third kappa shape index (κ3) is 2.71. The number of benzene rings is 1. The smallest absolute Gasteiger partial charge is 0.237 e. The molecule has 0 aliphatic heterocycles. The van der Waals surface area contributed by atoms with Gasteiger partial charge in [-0.3, -0.25) is 0 Å². The Morgan fingerprint density at radius 2 is 2.25 bits per heavy atom. The van der Waals surface area contributed by atoms with E-state index < -0.39 is 0 Å². The van der Waals surface area contributed by atoms with Gasteiger partial charge in [0.05, 0.1) is 5.75 Å². The Balaban J connectivity index is 1.71. The van der Waals surface area contributed by atoms with Crippen LogP contribution in [0.2, 0.25) is 0 Å². The van der Waals surface area contributed by atoms with Gasteiger partial charge >= 0.3 is 0 Å². The van der Waals surface area contributed by atoms with Gasteiger partial charge in [0.15, 0.2) is 0 Å². The number of thioether (sulfide) groups is 1. The molecule has 0 aliphatic carbocycles. The molecule has 0 radical (unpaired) electrons. The first-order chi connectivity index (χ1) is 9.74. The van der Waals surface area contributed by atoms with Gasteiger partial charge in [0, 0.05) is 21.5 Å². The van der Waals surface area contributed by atoms with Crippen molar-refractivity contribution in [1.29, 1.82) is 0 Å².